The molecule has 0 fully saturated rings. The molecule has 0 heterocycles. The predicted molar refractivity (Wildman–Crippen MR) is 107 cm³/mol. The summed E-state index contributed by atoms with van der Waals surface area (Å²) in [6, 6.07) is 11.2. The van der Waals surface area contributed by atoms with Crippen LogP contribution in [0.4, 0.5) is 11.4 Å². The molecular formula is C20H25ClN2O3. The molecule has 0 radical (unpaired) electrons. The molecule has 0 saturated carbocycles. The Morgan fingerprint density at radius 1 is 1.12 bits per heavy atom. The average Bonchev–Trinajstić information content (AvgIpc) is 2.63. The number of hydrogen-bond donors (Lipinski definition) is 1. The van der Waals surface area contributed by atoms with E-state index in [4.69, 9.17) is 21.1 Å². The van der Waals surface area contributed by atoms with E-state index in [2.05, 4.69) is 31.0 Å². The Labute approximate surface area is 159 Å². The van der Waals surface area contributed by atoms with Crippen LogP contribution in [0.25, 0.3) is 0 Å². The van der Waals surface area contributed by atoms with E-state index in [9.17, 15) is 4.79 Å². The first kappa shape index (κ1) is 19.9. The van der Waals surface area contributed by atoms with Crippen molar-refractivity contribution in [3.8, 4) is 11.5 Å². The van der Waals surface area contributed by atoms with Crippen molar-refractivity contribution in [2.45, 2.75) is 26.8 Å². The van der Waals surface area contributed by atoms with Crippen LogP contribution in [0.1, 0.15) is 31.1 Å². The molecule has 2 aromatic carbocycles. The third-order valence-electron chi connectivity index (χ3n) is 4.15. The van der Waals surface area contributed by atoms with Gasteiger partial charge in [0.2, 0.25) is 0 Å². The van der Waals surface area contributed by atoms with Gasteiger partial charge in [0.05, 0.1) is 24.9 Å². The minimum absolute atomic E-state index is 0.230. The van der Waals surface area contributed by atoms with E-state index >= 15 is 0 Å². The topological polar surface area (TPSA) is 50.8 Å². The van der Waals surface area contributed by atoms with Gasteiger partial charge in [0.15, 0.2) is 0 Å². The van der Waals surface area contributed by atoms with Gasteiger partial charge < -0.3 is 19.7 Å². The highest BCUT2D eigenvalue weighted by Gasteiger charge is 2.15. The number of halogens is 1. The monoisotopic (exact) mass is 376 g/mol. The summed E-state index contributed by atoms with van der Waals surface area (Å²) in [5.74, 6) is 0.707. The van der Waals surface area contributed by atoms with E-state index in [1.54, 1.807) is 12.1 Å². The largest absolute Gasteiger partial charge is 0.495 e. The van der Waals surface area contributed by atoms with Gasteiger partial charge in [-0.15, -0.1) is 0 Å². The minimum Gasteiger partial charge on any atom is -0.495 e. The van der Waals surface area contributed by atoms with Crippen LogP contribution < -0.4 is 19.7 Å². The van der Waals surface area contributed by atoms with E-state index in [-0.39, 0.29) is 5.91 Å². The standard InChI is InChI=1S/C20H25ClN2O3/c1-6-23(13(2)3)15-9-7-14(8-10-15)20(24)22-17-12-18(25-4)16(21)11-19(17)26-5/h7-13H,6H2,1-5H3,(H,22,24). The molecule has 0 saturated heterocycles. The van der Waals surface area contributed by atoms with Crippen molar-refractivity contribution in [3.05, 3.63) is 47.0 Å². The number of carbonyl (C=O) groups excluding carboxylic acids is 1. The van der Waals surface area contributed by atoms with E-state index in [1.165, 1.54) is 14.2 Å². The van der Waals surface area contributed by atoms with Gasteiger partial charge in [0.1, 0.15) is 11.5 Å². The van der Waals surface area contributed by atoms with Crippen molar-refractivity contribution in [1.82, 2.24) is 0 Å². The fraction of sp³-hybridized carbons (Fsp3) is 0.350. The zero-order valence-corrected chi connectivity index (χ0v) is 16.6. The Bertz CT molecular complexity index is 760. The van der Waals surface area contributed by atoms with Crippen molar-refractivity contribution in [2.24, 2.45) is 0 Å². The first-order chi connectivity index (χ1) is 12.4. The molecule has 0 unspecified atom stereocenters. The molecule has 140 valence electrons. The maximum absolute atomic E-state index is 12.6. The lowest BCUT2D eigenvalue weighted by atomic mass is 10.1. The van der Waals surface area contributed by atoms with Crippen molar-refractivity contribution in [1.29, 1.82) is 0 Å². The molecule has 0 bridgehead atoms. The third-order valence-corrected chi connectivity index (χ3v) is 4.44. The number of nitrogens with one attached hydrogen (secondary N) is 1. The van der Waals surface area contributed by atoms with E-state index in [0.717, 1.165) is 12.2 Å². The summed E-state index contributed by atoms with van der Waals surface area (Å²) in [5.41, 5.74) is 2.15. The fourth-order valence-electron chi connectivity index (χ4n) is 2.80. The summed E-state index contributed by atoms with van der Waals surface area (Å²) in [6.07, 6.45) is 0. The number of hydrogen-bond acceptors (Lipinski definition) is 4. The molecule has 0 aliphatic rings. The molecular weight excluding hydrogens is 352 g/mol. The van der Waals surface area contributed by atoms with Crippen LogP contribution in [-0.2, 0) is 0 Å². The number of ether oxygens (including phenoxy) is 2. The van der Waals surface area contributed by atoms with Crippen LogP contribution in [0.5, 0.6) is 11.5 Å². The SMILES string of the molecule is CCN(c1ccc(C(=O)Nc2cc(OC)c(Cl)cc2OC)cc1)C(C)C. The maximum atomic E-state index is 12.6. The number of carbonyl (C=O) groups is 1. The van der Waals surface area contributed by atoms with Crippen LogP contribution in [0.2, 0.25) is 5.02 Å². The van der Waals surface area contributed by atoms with E-state index in [1.807, 2.05) is 24.3 Å². The minimum atomic E-state index is -0.230. The van der Waals surface area contributed by atoms with Crippen molar-refractivity contribution in [3.63, 3.8) is 0 Å². The Hall–Kier alpha value is -2.40. The molecule has 1 N–H and O–H groups in total. The first-order valence-electron chi connectivity index (χ1n) is 8.50. The summed E-state index contributed by atoms with van der Waals surface area (Å²) in [7, 11) is 3.04. The lowest BCUT2D eigenvalue weighted by molar-refractivity contribution is 0.102. The summed E-state index contributed by atoms with van der Waals surface area (Å²) < 4.78 is 10.5. The second-order valence-corrected chi connectivity index (χ2v) is 6.47. The van der Waals surface area contributed by atoms with Crippen LogP contribution in [0.3, 0.4) is 0 Å². The molecule has 0 atom stereocenters. The highest BCUT2D eigenvalue weighted by molar-refractivity contribution is 6.32. The normalized spacial score (nSPS) is 10.6. The predicted octanol–water partition coefficient (Wildman–Crippen LogP) is 4.84. The zero-order valence-electron chi connectivity index (χ0n) is 15.8. The summed E-state index contributed by atoms with van der Waals surface area (Å²) in [4.78, 5) is 14.9. The second-order valence-electron chi connectivity index (χ2n) is 6.07. The van der Waals surface area contributed by atoms with Gasteiger partial charge in [0.25, 0.3) is 5.91 Å². The second kappa shape index (κ2) is 8.81. The van der Waals surface area contributed by atoms with Gasteiger partial charge in [-0.1, -0.05) is 11.6 Å². The summed E-state index contributed by atoms with van der Waals surface area (Å²) in [6.45, 7) is 7.31. The highest BCUT2D eigenvalue weighted by atomic mass is 35.5. The molecule has 26 heavy (non-hydrogen) atoms. The highest BCUT2D eigenvalue weighted by Crippen LogP contribution is 2.36. The Balaban J connectivity index is 2.22. The van der Waals surface area contributed by atoms with Gasteiger partial charge >= 0.3 is 0 Å². The van der Waals surface area contributed by atoms with Gasteiger partial charge in [0, 0.05) is 36.0 Å². The molecule has 0 aromatic heterocycles. The van der Waals surface area contributed by atoms with Crippen molar-refractivity contribution < 1.29 is 14.3 Å². The number of anilines is 2. The quantitative estimate of drug-likeness (QED) is 0.750. The van der Waals surface area contributed by atoms with Gasteiger partial charge in [-0.05, 0) is 45.0 Å². The molecule has 2 rings (SSSR count). The van der Waals surface area contributed by atoms with Gasteiger partial charge in [-0.25, -0.2) is 0 Å². The lowest BCUT2D eigenvalue weighted by Crippen LogP contribution is -2.30. The molecule has 6 heteroatoms. The lowest BCUT2D eigenvalue weighted by Gasteiger charge is -2.27. The van der Waals surface area contributed by atoms with Gasteiger partial charge in [-0.2, -0.15) is 0 Å². The van der Waals surface area contributed by atoms with Crippen LogP contribution >= 0.6 is 11.6 Å². The molecule has 2 aromatic rings. The molecule has 5 nitrogen and oxygen atoms in total. The molecule has 0 aliphatic heterocycles. The smallest absolute Gasteiger partial charge is 0.255 e. The number of rotatable bonds is 7. The van der Waals surface area contributed by atoms with Crippen molar-refractivity contribution >= 4 is 28.9 Å². The average molecular weight is 377 g/mol. The van der Waals surface area contributed by atoms with E-state index in [0.29, 0.717) is 33.8 Å². The van der Waals surface area contributed by atoms with Crippen molar-refractivity contribution in [2.75, 3.05) is 31.0 Å². The molecule has 0 aliphatic carbocycles. The molecule has 0 spiro atoms. The Kier molecular flexibility index (Phi) is 6.75. The maximum Gasteiger partial charge on any atom is 0.255 e. The first-order valence-corrected chi connectivity index (χ1v) is 8.88. The van der Waals surface area contributed by atoms with E-state index < -0.39 is 0 Å². The third kappa shape index (κ3) is 4.41. The Morgan fingerprint density at radius 3 is 2.23 bits per heavy atom. The number of amides is 1. The van der Waals surface area contributed by atoms with Crippen LogP contribution in [-0.4, -0.2) is 32.7 Å². The number of benzene rings is 2. The van der Waals surface area contributed by atoms with Crippen LogP contribution in [0.15, 0.2) is 36.4 Å². The summed E-state index contributed by atoms with van der Waals surface area (Å²) >= 11 is 6.10. The number of methoxy groups -OCH3 is 2. The van der Waals surface area contributed by atoms with Crippen LogP contribution in [0, 0.1) is 0 Å². The number of nitrogens with zero attached hydrogens (tertiary/aromatic N) is 1. The van der Waals surface area contributed by atoms with Gasteiger partial charge in [-0.3, -0.25) is 4.79 Å². The zero-order chi connectivity index (χ0) is 19.3. The summed E-state index contributed by atoms with van der Waals surface area (Å²) in [5, 5.41) is 3.27. The molecule has 1 amide bonds. The Morgan fingerprint density at radius 2 is 1.73 bits per heavy atom. The fourth-order valence-corrected chi connectivity index (χ4v) is 3.03.